The van der Waals surface area contributed by atoms with Crippen LogP contribution in [0.3, 0.4) is 0 Å². The largest absolute Gasteiger partial charge is 0.325 e. The van der Waals surface area contributed by atoms with Crippen molar-refractivity contribution < 1.29 is 4.79 Å². The van der Waals surface area contributed by atoms with Gasteiger partial charge in [-0.2, -0.15) is 0 Å². The van der Waals surface area contributed by atoms with Crippen molar-refractivity contribution >= 4 is 11.7 Å². The van der Waals surface area contributed by atoms with Crippen LogP contribution in [0.5, 0.6) is 0 Å². The van der Waals surface area contributed by atoms with Crippen LogP contribution in [0.25, 0.3) is 11.3 Å². The summed E-state index contributed by atoms with van der Waals surface area (Å²) in [7, 11) is 0. The highest BCUT2D eigenvalue weighted by molar-refractivity contribution is 5.90. The van der Waals surface area contributed by atoms with Crippen molar-refractivity contribution in [1.82, 2.24) is 25.7 Å². The summed E-state index contributed by atoms with van der Waals surface area (Å²) in [5.41, 5.74) is 9.28. The van der Waals surface area contributed by atoms with Gasteiger partial charge in [-0.05, 0) is 49.8 Å². The fraction of sp³-hybridized carbons (Fsp3) is 0.476. The zero-order valence-electron chi connectivity index (χ0n) is 16.5. The van der Waals surface area contributed by atoms with Crippen LogP contribution in [0.4, 0.5) is 10.5 Å². The summed E-state index contributed by atoms with van der Waals surface area (Å²) >= 11 is 0. The minimum absolute atomic E-state index is 0.0278. The van der Waals surface area contributed by atoms with Crippen molar-refractivity contribution in [3.63, 3.8) is 0 Å². The number of carbonyl (C=O) groups excluding carboxylic acids is 1. The number of likely N-dealkylation sites (tertiary alicyclic amines) is 1. The summed E-state index contributed by atoms with van der Waals surface area (Å²) in [5, 5.41) is 3.05. The molecule has 0 spiro atoms. The highest BCUT2D eigenvalue weighted by atomic mass is 16.2. The van der Waals surface area contributed by atoms with E-state index in [1.54, 1.807) is 6.20 Å². The zero-order chi connectivity index (χ0) is 19.5. The second kappa shape index (κ2) is 8.24. The number of anilines is 1. The lowest BCUT2D eigenvalue weighted by Crippen LogP contribution is -2.46. The number of piperidine rings is 1. The zero-order valence-corrected chi connectivity index (χ0v) is 16.5. The van der Waals surface area contributed by atoms with Crippen LogP contribution >= 0.6 is 0 Å². The molecule has 0 bridgehead atoms. The lowest BCUT2D eigenvalue weighted by Gasteiger charge is -2.35. The van der Waals surface area contributed by atoms with Gasteiger partial charge in [0.05, 0.1) is 5.69 Å². The van der Waals surface area contributed by atoms with Crippen LogP contribution in [0.2, 0.25) is 0 Å². The average Bonchev–Trinajstić information content (AvgIpc) is 3.14. The summed E-state index contributed by atoms with van der Waals surface area (Å²) in [5.74, 6) is 1.99. The van der Waals surface area contributed by atoms with Crippen LogP contribution in [-0.2, 0) is 0 Å². The quantitative estimate of drug-likeness (QED) is 0.763. The monoisotopic (exact) mass is 380 g/mol. The lowest BCUT2D eigenvalue weighted by atomic mass is 9.84. The number of benzene rings is 1. The first kappa shape index (κ1) is 18.8. The van der Waals surface area contributed by atoms with Gasteiger partial charge in [-0.15, -0.1) is 0 Å². The van der Waals surface area contributed by atoms with Gasteiger partial charge in [-0.3, -0.25) is 10.9 Å². The fourth-order valence-electron chi connectivity index (χ4n) is 4.23. The predicted octanol–water partition coefficient (Wildman–Crippen LogP) is 2.81. The first-order valence-corrected chi connectivity index (χ1v) is 10.0. The molecule has 2 aromatic rings. The van der Waals surface area contributed by atoms with Crippen molar-refractivity contribution in [3.8, 4) is 11.3 Å². The van der Waals surface area contributed by atoms with E-state index in [1.807, 2.05) is 42.2 Å². The van der Waals surface area contributed by atoms with Crippen molar-refractivity contribution in [2.45, 2.75) is 32.7 Å². The number of rotatable bonds is 3. The van der Waals surface area contributed by atoms with Crippen molar-refractivity contribution in [1.29, 1.82) is 0 Å². The maximum absolute atomic E-state index is 12.7. The first-order valence-electron chi connectivity index (χ1n) is 10.0. The maximum Gasteiger partial charge on any atom is 0.321 e. The number of nitrogens with zero attached hydrogens (tertiary/aromatic N) is 3. The third kappa shape index (κ3) is 4.15. The van der Waals surface area contributed by atoms with Crippen LogP contribution < -0.4 is 16.2 Å². The molecule has 2 aliphatic heterocycles. The molecule has 4 rings (SSSR count). The van der Waals surface area contributed by atoms with Crippen molar-refractivity contribution in [2.75, 3.05) is 25.0 Å². The van der Waals surface area contributed by atoms with Crippen molar-refractivity contribution in [3.05, 3.63) is 42.4 Å². The van der Waals surface area contributed by atoms with Crippen molar-refractivity contribution in [2.24, 2.45) is 11.8 Å². The topological polar surface area (TPSA) is 82.2 Å². The molecular weight excluding hydrogens is 352 g/mol. The molecule has 0 aliphatic carbocycles. The maximum atomic E-state index is 12.7. The van der Waals surface area contributed by atoms with Gasteiger partial charge in [-0.25, -0.2) is 14.8 Å². The fourth-order valence-corrected chi connectivity index (χ4v) is 4.23. The Kier molecular flexibility index (Phi) is 5.54. The average molecular weight is 380 g/mol. The molecular formula is C21H28N6O. The number of urea groups is 1. The van der Waals surface area contributed by atoms with Gasteiger partial charge in [-0.1, -0.05) is 19.1 Å². The van der Waals surface area contributed by atoms with Gasteiger partial charge in [0.25, 0.3) is 0 Å². The second-order valence-electron chi connectivity index (χ2n) is 7.85. The Morgan fingerprint density at radius 1 is 1.25 bits per heavy atom. The lowest BCUT2D eigenvalue weighted by molar-refractivity contribution is 0.162. The minimum Gasteiger partial charge on any atom is -0.325 e. The molecule has 3 N–H and O–H groups in total. The summed E-state index contributed by atoms with van der Waals surface area (Å²) < 4.78 is 0. The molecule has 7 heteroatoms. The molecule has 2 saturated heterocycles. The van der Waals surface area contributed by atoms with Crippen LogP contribution in [-0.4, -0.2) is 46.6 Å². The molecule has 0 saturated carbocycles. The third-order valence-electron chi connectivity index (χ3n) is 5.83. The molecule has 1 aromatic heterocycles. The predicted molar refractivity (Wildman–Crippen MR) is 110 cm³/mol. The van der Waals surface area contributed by atoms with E-state index in [4.69, 9.17) is 0 Å². The van der Waals surface area contributed by atoms with Gasteiger partial charge >= 0.3 is 6.03 Å². The molecule has 2 amide bonds. The van der Waals surface area contributed by atoms with E-state index in [9.17, 15) is 4.79 Å². The first-order chi connectivity index (χ1) is 13.6. The number of hydrazine groups is 1. The smallest absolute Gasteiger partial charge is 0.321 e. The number of carbonyl (C=O) groups is 1. The molecule has 148 valence electrons. The van der Waals surface area contributed by atoms with E-state index < -0.39 is 0 Å². The molecule has 28 heavy (non-hydrogen) atoms. The summed E-state index contributed by atoms with van der Waals surface area (Å²) in [6.07, 6.45) is 3.83. The molecule has 2 aliphatic rings. The molecule has 3 heterocycles. The third-order valence-corrected chi connectivity index (χ3v) is 5.83. The van der Waals surface area contributed by atoms with E-state index >= 15 is 0 Å². The number of nitrogens with one attached hydrogen (secondary N) is 3. The van der Waals surface area contributed by atoms with E-state index in [1.165, 1.54) is 0 Å². The molecule has 0 radical (unpaired) electrons. The Labute approximate surface area is 165 Å². The Balaban J connectivity index is 1.36. The highest BCUT2D eigenvalue weighted by Crippen LogP contribution is 2.27. The van der Waals surface area contributed by atoms with Gasteiger partial charge in [0.1, 0.15) is 5.82 Å². The Bertz CT molecular complexity index is 833. The molecule has 2 atom stereocenters. The van der Waals surface area contributed by atoms with E-state index in [0.717, 1.165) is 55.2 Å². The summed E-state index contributed by atoms with van der Waals surface area (Å²) in [6.45, 7) is 6.77. The van der Waals surface area contributed by atoms with Crippen LogP contribution in [0.15, 0.2) is 36.5 Å². The molecule has 2 unspecified atom stereocenters. The van der Waals surface area contributed by atoms with Gasteiger partial charge in [0.15, 0.2) is 0 Å². The Morgan fingerprint density at radius 2 is 2.07 bits per heavy atom. The number of aromatic nitrogens is 2. The standard InChI is InChI=1S/C21H28N6O/c1-14-13-23-26-20(14)16-7-10-27(11-8-16)21(28)25-18-5-3-4-17(12-18)19-6-9-22-15(2)24-19/h3-6,9,12,14,16,20,23,26H,7-8,10-11,13H2,1-2H3,(H,25,28). The SMILES string of the molecule is Cc1nccc(-c2cccc(NC(=O)N3CCC(C4NNCC4C)CC3)c2)n1. The van der Waals surface area contributed by atoms with Gasteiger partial charge in [0.2, 0.25) is 0 Å². The van der Waals surface area contributed by atoms with Crippen LogP contribution in [0, 0.1) is 18.8 Å². The summed E-state index contributed by atoms with van der Waals surface area (Å²) in [4.78, 5) is 23.2. The number of hydrogen-bond acceptors (Lipinski definition) is 5. The minimum atomic E-state index is -0.0278. The van der Waals surface area contributed by atoms with E-state index in [-0.39, 0.29) is 6.03 Å². The Morgan fingerprint density at radius 3 is 2.79 bits per heavy atom. The second-order valence-corrected chi connectivity index (χ2v) is 7.85. The Hall–Kier alpha value is -2.51. The molecule has 7 nitrogen and oxygen atoms in total. The highest BCUT2D eigenvalue weighted by Gasteiger charge is 2.33. The van der Waals surface area contributed by atoms with Crippen LogP contribution in [0.1, 0.15) is 25.6 Å². The molecule has 2 fully saturated rings. The van der Waals surface area contributed by atoms with Gasteiger partial charge < -0.3 is 10.2 Å². The molecule has 1 aromatic carbocycles. The van der Waals surface area contributed by atoms with E-state index in [0.29, 0.717) is 17.9 Å². The normalized spacial score (nSPS) is 23.0. The number of hydrogen-bond donors (Lipinski definition) is 3. The van der Waals surface area contributed by atoms with Gasteiger partial charge in [0, 0.05) is 43.1 Å². The number of aryl methyl sites for hydroxylation is 1. The number of amides is 2. The van der Waals surface area contributed by atoms with E-state index in [2.05, 4.69) is 33.1 Å². The summed E-state index contributed by atoms with van der Waals surface area (Å²) in [6, 6.07) is 10.2.